The van der Waals surface area contributed by atoms with E-state index in [-0.39, 0.29) is 0 Å². The summed E-state index contributed by atoms with van der Waals surface area (Å²) in [5.74, 6) is 0. The van der Waals surface area contributed by atoms with Gasteiger partial charge in [-0.25, -0.2) is 0 Å². The van der Waals surface area contributed by atoms with Crippen molar-refractivity contribution in [2.75, 3.05) is 26.4 Å². The molecule has 0 unspecified atom stereocenters. The molecule has 8 aromatic rings. The van der Waals surface area contributed by atoms with Gasteiger partial charge in [-0.05, 0) is 70.8 Å². The van der Waals surface area contributed by atoms with E-state index in [1.54, 1.807) is 0 Å². The summed E-state index contributed by atoms with van der Waals surface area (Å²) in [6.45, 7) is 11.3. The predicted octanol–water partition coefficient (Wildman–Crippen LogP) is 7.15. The zero-order chi connectivity index (χ0) is 40.0. The summed E-state index contributed by atoms with van der Waals surface area (Å²) in [6.07, 6.45) is 0. The van der Waals surface area contributed by atoms with E-state index in [9.17, 15) is 19.2 Å². The highest BCUT2D eigenvalue weighted by Gasteiger charge is 2.38. The molecule has 0 atom stereocenters. The van der Waals surface area contributed by atoms with E-state index < -0.39 is 17.1 Å². The quantitative estimate of drug-likeness (QED) is 0.122. The first-order valence-electron chi connectivity index (χ1n) is 19.2. The largest absolute Gasteiger partial charge is 0.404 e. The van der Waals surface area contributed by atoms with Gasteiger partial charge in [0.25, 0.3) is 0 Å². The molecule has 6 nitrogen and oxygen atoms in total. The molecule has 4 N–H and O–H groups in total. The molecular formula is C48H52O6Si2. The van der Waals surface area contributed by atoms with Crippen molar-refractivity contribution in [3.63, 3.8) is 0 Å². The monoisotopic (exact) mass is 780 g/mol. The molecule has 8 aromatic carbocycles. The van der Waals surface area contributed by atoms with E-state index in [4.69, 9.17) is 9.47 Å². The SMILES string of the molecule is CCOCC.CCOCC.O[Si](O)(c1cccc2ccccc12)c1cccc2ccccc12.O[Si](O)(c1cccc2ccccc12)c1cccc2ccccc12. The first-order valence-corrected chi connectivity index (χ1v) is 23.0. The minimum absolute atomic E-state index is 0.631. The lowest BCUT2D eigenvalue weighted by Gasteiger charge is -2.22. The fourth-order valence-electron chi connectivity index (χ4n) is 6.82. The van der Waals surface area contributed by atoms with Gasteiger partial charge in [0.1, 0.15) is 0 Å². The first-order chi connectivity index (χ1) is 27.2. The van der Waals surface area contributed by atoms with Crippen LogP contribution in [0.2, 0.25) is 0 Å². The Labute approximate surface area is 332 Å². The molecule has 8 rings (SSSR count). The number of hydrogen-bond acceptors (Lipinski definition) is 6. The van der Waals surface area contributed by atoms with Gasteiger partial charge >= 0.3 is 17.1 Å². The fourth-order valence-corrected chi connectivity index (χ4v) is 11.1. The molecule has 0 aliphatic carbocycles. The molecular weight excluding hydrogens is 729 g/mol. The highest BCUT2D eigenvalue weighted by molar-refractivity contribution is 6.94. The molecule has 288 valence electrons. The molecule has 0 fully saturated rings. The highest BCUT2D eigenvalue weighted by Crippen LogP contribution is 2.19. The molecule has 0 bridgehead atoms. The summed E-state index contributed by atoms with van der Waals surface area (Å²) in [6, 6.07) is 54.2. The Morgan fingerprint density at radius 1 is 0.304 bits per heavy atom. The summed E-state index contributed by atoms with van der Waals surface area (Å²) in [5, 5.41) is 10.2. The van der Waals surface area contributed by atoms with Crippen molar-refractivity contribution in [1.29, 1.82) is 0 Å². The van der Waals surface area contributed by atoms with E-state index in [1.807, 2.05) is 198 Å². The molecule has 0 aliphatic heterocycles. The normalized spacial score (nSPS) is 11.3. The Bertz CT molecular complexity index is 2100. The predicted molar refractivity (Wildman–Crippen MR) is 239 cm³/mol. The lowest BCUT2D eigenvalue weighted by molar-refractivity contribution is 0.162. The number of hydrogen-bond donors (Lipinski definition) is 4. The lowest BCUT2D eigenvalue weighted by Crippen LogP contribution is -2.59. The maximum absolute atomic E-state index is 11.1. The number of benzene rings is 8. The summed E-state index contributed by atoms with van der Waals surface area (Å²) in [5.41, 5.74) is 0. The Morgan fingerprint density at radius 2 is 0.500 bits per heavy atom. The number of fused-ring (bicyclic) bond motifs is 4. The fraction of sp³-hybridized carbons (Fsp3) is 0.167. The van der Waals surface area contributed by atoms with Crippen molar-refractivity contribution < 1.29 is 28.7 Å². The van der Waals surface area contributed by atoms with E-state index in [2.05, 4.69) is 0 Å². The third-order valence-electron chi connectivity index (χ3n) is 9.48. The van der Waals surface area contributed by atoms with Crippen molar-refractivity contribution in [3.8, 4) is 0 Å². The standard InChI is InChI=1S/2C20H16O2Si.2C4H10O/c2*21-23(22,19-13-5-9-15-7-1-3-11-17(15)19)20-14-6-10-16-8-2-4-12-18(16)20;2*1-3-5-4-2/h2*1-14,21-22H;2*3-4H2,1-2H3. The van der Waals surface area contributed by atoms with Crippen LogP contribution < -0.4 is 20.7 Å². The van der Waals surface area contributed by atoms with Gasteiger partial charge in [-0.3, -0.25) is 0 Å². The highest BCUT2D eigenvalue weighted by atomic mass is 28.4. The second-order valence-electron chi connectivity index (χ2n) is 13.0. The van der Waals surface area contributed by atoms with Gasteiger partial charge in [-0.15, -0.1) is 0 Å². The topological polar surface area (TPSA) is 99.4 Å². The maximum Gasteiger partial charge on any atom is 0.402 e. The average molecular weight is 781 g/mol. The summed E-state index contributed by atoms with van der Waals surface area (Å²) in [4.78, 5) is 44.6. The van der Waals surface area contributed by atoms with Gasteiger partial charge in [0, 0.05) is 47.2 Å². The van der Waals surface area contributed by atoms with E-state index >= 15 is 0 Å². The third-order valence-corrected chi connectivity index (χ3v) is 14.2. The summed E-state index contributed by atoms with van der Waals surface area (Å²) in [7, 11) is -7.57. The van der Waals surface area contributed by atoms with Crippen molar-refractivity contribution in [1.82, 2.24) is 0 Å². The molecule has 56 heavy (non-hydrogen) atoms. The first kappa shape index (κ1) is 42.1. The smallest absolute Gasteiger partial charge is 0.402 e. The van der Waals surface area contributed by atoms with Crippen LogP contribution in [0.4, 0.5) is 0 Å². The Balaban J connectivity index is 0.000000173. The number of rotatable bonds is 8. The van der Waals surface area contributed by atoms with Crippen LogP contribution in [0.1, 0.15) is 27.7 Å². The Hall–Kier alpha value is -5.01. The van der Waals surface area contributed by atoms with Crippen molar-refractivity contribution in [3.05, 3.63) is 170 Å². The second kappa shape index (κ2) is 20.2. The van der Waals surface area contributed by atoms with Crippen LogP contribution in [0.3, 0.4) is 0 Å². The van der Waals surface area contributed by atoms with Gasteiger partial charge in [-0.2, -0.15) is 0 Å². The van der Waals surface area contributed by atoms with E-state index in [0.717, 1.165) is 69.5 Å². The molecule has 0 saturated carbocycles. The van der Waals surface area contributed by atoms with Gasteiger partial charge in [-0.1, -0.05) is 170 Å². The molecule has 0 saturated heterocycles. The minimum atomic E-state index is -3.78. The van der Waals surface area contributed by atoms with Gasteiger partial charge in [0.05, 0.1) is 0 Å². The van der Waals surface area contributed by atoms with Crippen LogP contribution in [-0.4, -0.2) is 62.7 Å². The minimum Gasteiger partial charge on any atom is -0.404 e. The van der Waals surface area contributed by atoms with Crippen LogP contribution in [-0.2, 0) is 9.47 Å². The van der Waals surface area contributed by atoms with Gasteiger partial charge < -0.3 is 28.7 Å². The van der Waals surface area contributed by atoms with Crippen LogP contribution in [0.5, 0.6) is 0 Å². The van der Waals surface area contributed by atoms with Crippen LogP contribution in [0, 0.1) is 0 Å². The van der Waals surface area contributed by atoms with Crippen molar-refractivity contribution >= 4 is 81.0 Å². The third kappa shape index (κ3) is 9.86. The van der Waals surface area contributed by atoms with Crippen molar-refractivity contribution in [2.45, 2.75) is 27.7 Å². The van der Waals surface area contributed by atoms with Gasteiger partial charge in [0.2, 0.25) is 0 Å². The molecule has 0 aliphatic rings. The molecule has 0 amide bonds. The molecule has 0 aromatic heterocycles. The average Bonchev–Trinajstić information content (AvgIpc) is 3.24. The van der Waals surface area contributed by atoms with Gasteiger partial charge in [0.15, 0.2) is 0 Å². The van der Waals surface area contributed by atoms with E-state index in [0.29, 0.717) is 20.7 Å². The molecule has 0 spiro atoms. The number of ether oxygens (including phenoxy) is 2. The molecule has 0 heterocycles. The van der Waals surface area contributed by atoms with Crippen LogP contribution >= 0.6 is 0 Å². The molecule has 0 radical (unpaired) electrons. The molecule has 8 heteroatoms. The summed E-state index contributed by atoms with van der Waals surface area (Å²) < 4.78 is 9.67. The van der Waals surface area contributed by atoms with E-state index in [1.165, 1.54) is 0 Å². The van der Waals surface area contributed by atoms with Crippen LogP contribution in [0.25, 0.3) is 43.1 Å². The maximum atomic E-state index is 11.1. The lowest BCUT2D eigenvalue weighted by atomic mass is 10.1. The summed E-state index contributed by atoms with van der Waals surface area (Å²) >= 11 is 0. The Morgan fingerprint density at radius 3 is 0.696 bits per heavy atom. The zero-order valence-corrected chi connectivity index (χ0v) is 34.6. The zero-order valence-electron chi connectivity index (χ0n) is 32.6. The second-order valence-corrected chi connectivity index (χ2v) is 17.9. The Kier molecular flexibility index (Phi) is 15.2. The van der Waals surface area contributed by atoms with Crippen molar-refractivity contribution in [2.24, 2.45) is 0 Å². The van der Waals surface area contributed by atoms with Crippen LogP contribution in [0.15, 0.2) is 170 Å².